The lowest BCUT2D eigenvalue weighted by Crippen LogP contribution is -2.52. The van der Waals surface area contributed by atoms with Crippen LogP contribution < -0.4 is 10.6 Å². The first-order valence-electron chi connectivity index (χ1n) is 8.60. The molecule has 1 aromatic rings. The molecule has 0 spiro atoms. The van der Waals surface area contributed by atoms with E-state index in [0.29, 0.717) is 12.1 Å². The van der Waals surface area contributed by atoms with E-state index in [-0.39, 0.29) is 17.4 Å². The van der Waals surface area contributed by atoms with E-state index in [1.54, 1.807) is 6.07 Å². The fourth-order valence-electron chi connectivity index (χ4n) is 3.65. The zero-order valence-corrected chi connectivity index (χ0v) is 13.6. The molecule has 1 saturated carbocycles. The Bertz CT molecular complexity index is 590. The highest BCUT2D eigenvalue weighted by Gasteiger charge is 2.41. The predicted molar refractivity (Wildman–Crippen MR) is 85.6 cm³/mol. The van der Waals surface area contributed by atoms with Gasteiger partial charge in [-0.25, -0.2) is 0 Å². The van der Waals surface area contributed by atoms with Gasteiger partial charge in [-0.1, -0.05) is 31.0 Å². The average molecular weight is 340 g/mol. The molecule has 1 heterocycles. The summed E-state index contributed by atoms with van der Waals surface area (Å²) in [4.78, 5) is 12.3. The first kappa shape index (κ1) is 17.3. The van der Waals surface area contributed by atoms with Gasteiger partial charge in [-0.3, -0.25) is 4.79 Å². The summed E-state index contributed by atoms with van der Waals surface area (Å²) in [6.07, 6.45) is 1.20. The Morgan fingerprint density at radius 1 is 1.25 bits per heavy atom. The number of halogens is 3. The first-order chi connectivity index (χ1) is 11.4. The van der Waals surface area contributed by atoms with Crippen molar-refractivity contribution in [1.82, 2.24) is 10.6 Å². The van der Waals surface area contributed by atoms with Gasteiger partial charge in [0.1, 0.15) is 0 Å². The lowest BCUT2D eigenvalue weighted by atomic mass is 9.64. The van der Waals surface area contributed by atoms with Gasteiger partial charge in [-0.05, 0) is 43.9 Å². The lowest BCUT2D eigenvalue weighted by molar-refractivity contribution is -0.137. The van der Waals surface area contributed by atoms with Crippen LogP contribution in [0.15, 0.2) is 24.3 Å². The molecule has 1 aliphatic heterocycles. The number of piperidine rings is 1. The van der Waals surface area contributed by atoms with E-state index in [1.807, 2.05) is 0 Å². The Labute approximate surface area is 140 Å². The molecule has 1 aliphatic carbocycles. The normalized spacial score (nSPS) is 23.4. The smallest absolute Gasteiger partial charge is 0.354 e. The van der Waals surface area contributed by atoms with Crippen LogP contribution in [0.2, 0.25) is 0 Å². The number of hydrogen-bond acceptors (Lipinski definition) is 2. The summed E-state index contributed by atoms with van der Waals surface area (Å²) in [5, 5.41) is 6.17. The molecular formula is C18H23F3N2O. The van der Waals surface area contributed by atoms with Crippen LogP contribution in [0.5, 0.6) is 0 Å². The Morgan fingerprint density at radius 2 is 2.04 bits per heavy atom. The van der Waals surface area contributed by atoms with Crippen LogP contribution in [0.3, 0.4) is 0 Å². The highest BCUT2D eigenvalue weighted by molar-refractivity contribution is 5.82. The number of carbonyl (C=O) groups excluding carboxylic acids is 1. The summed E-state index contributed by atoms with van der Waals surface area (Å²) in [5.74, 6) is -0.0343. The molecule has 2 fully saturated rings. The summed E-state index contributed by atoms with van der Waals surface area (Å²) in [6.45, 7) is 1.25. The van der Waals surface area contributed by atoms with Crippen LogP contribution >= 0.6 is 0 Å². The molecule has 1 saturated heterocycles. The quantitative estimate of drug-likeness (QED) is 0.882. The molecule has 0 aromatic heterocycles. The van der Waals surface area contributed by atoms with Crippen LogP contribution in [-0.2, 0) is 16.4 Å². The van der Waals surface area contributed by atoms with E-state index in [9.17, 15) is 18.0 Å². The summed E-state index contributed by atoms with van der Waals surface area (Å²) in [6, 6.07) is 5.38. The zero-order valence-electron chi connectivity index (χ0n) is 13.6. The monoisotopic (exact) mass is 340 g/mol. The van der Waals surface area contributed by atoms with E-state index in [4.69, 9.17) is 0 Å². The Hall–Kier alpha value is -1.56. The Balaban J connectivity index is 1.69. The molecule has 24 heavy (non-hydrogen) atoms. The molecule has 6 heteroatoms. The molecule has 3 nitrogen and oxygen atoms in total. The second kappa shape index (κ2) is 6.75. The highest BCUT2D eigenvalue weighted by atomic mass is 19.4. The second-order valence-corrected chi connectivity index (χ2v) is 6.93. The van der Waals surface area contributed by atoms with Crippen LogP contribution in [0, 0.1) is 0 Å². The molecule has 0 radical (unpaired) electrons. The third kappa shape index (κ3) is 3.58. The Morgan fingerprint density at radius 3 is 2.62 bits per heavy atom. The van der Waals surface area contributed by atoms with Crippen LogP contribution in [0.4, 0.5) is 13.2 Å². The Kier molecular flexibility index (Phi) is 4.85. The van der Waals surface area contributed by atoms with Crippen LogP contribution in [-0.4, -0.2) is 25.0 Å². The zero-order chi connectivity index (χ0) is 17.2. The van der Waals surface area contributed by atoms with Crippen molar-refractivity contribution in [2.24, 2.45) is 0 Å². The fraction of sp³-hybridized carbons (Fsp3) is 0.611. The minimum Gasteiger partial charge on any atom is -0.354 e. The number of hydrogen-bond donors (Lipinski definition) is 2. The van der Waals surface area contributed by atoms with Gasteiger partial charge in [-0.15, -0.1) is 0 Å². The van der Waals surface area contributed by atoms with Crippen molar-refractivity contribution >= 4 is 5.91 Å². The topological polar surface area (TPSA) is 41.1 Å². The van der Waals surface area contributed by atoms with Crippen molar-refractivity contribution in [2.45, 2.75) is 56.2 Å². The molecule has 132 valence electrons. The summed E-state index contributed by atoms with van der Waals surface area (Å²) >= 11 is 0. The predicted octanol–water partition coefficient (Wildman–Crippen LogP) is 3.39. The lowest BCUT2D eigenvalue weighted by Gasteiger charge is -2.43. The molecule has 2 N–H and O–H groups in total. The van der Waals surface area contributed by atoms with Gasteiger partial charge in [0.15, 0.2) is 0 Å². The summed E-state index contributed by atoms with van der Waals surface area (Å²) in [7, 11) is 0. The van der Waals surface area contributed by atoms with Gasteiger partial charge in [-0.2, -0.15) is 13.2 Å². The maximum absolute atomic E-state index is 13.0. The van der Waals surface area contributed by atoms with Gasteiger partial charge < -0.3 is 10.6 Å². The van der Waals surface area contributed by atoms with Crippen molar-refractivity contribution in [2.75, 3.05) is 13.1 Å². The van der Waals surface area contributed by atoms with Crippen molar-refractivity contribution in [1.29, 1.82) is 0 Å². The average Bonchev–Trinajstić information content (AvgIpc) is 2.54. The maximum Gasteiger partial charge on any atom is 0.416 e. The number of carbonyl (C=O) groups is 1. The molecule has 2 aliphatic rings. The standard InChI is InChI=1S/C18H23F3N2O/c19-18(20,21)14-6-3-5-13(11-14)17(8-4-9-17)12-23-16(24)15-7-1-2-10-22-15/h3,5-6,11,15,22H,1-2,4,7-10,12H2,(H,23,24). The van der Waals surface area contributed by atoms with E-state index in [1.165, 1.54) is 12.1 Å². The minimum absolute atomic E-state index is 0.0343. The molecule has 1 amide bonds. The molecule has 0 bridgehead atoms. The van der Waals surface area contributed by atoms with Crippen LogP contribution in [0.25, 0.3) is 0 Å². The highest BCUT2D eigenvalue weighted by Crippen LogP contribution is 2.44. The van der Waals surface area contributed by atoms with Gasteiger partial charge in [0.2, 0.25) is 5.91 Å². The third-order valence-corrected chi connectivity index (χ3v) is 5.34. The summed E-state index contributed by atoms with van der Waals surface area (Å²) < 4.78 is 38.9. The van der Waals surface area contributed by atoms with Crippen molar-refractivity contribution < 1.29 is 18.0 Å². The van der Waals surface area contributed by atoms with Crippen molar-refractivity contribution in [3.63, 3.8) is 0 Å². The molecule has 3 rings (SSSR count). The van der Waals surface area contributed by atoms with E-state index in [0.717, 1.165) is 51.1 Å². The number of alkyl halides is 3. The largest absolute Gasteiger partial charge is 0.416 e. The second-order valence-electron chi connectivity index (χ2n) is 6.93. The van der Waals surface area contributed by atoms with Gasteiger partial charge in [0, 0.05) is 12.0 Å². The van der Waals surface area contributed by atoms with Gasteiger partial charge in [0.25, 0.3) is 0 Å². The maximum atomic E-state index is 13.0. The van der Waals surface area contributed by atoms with E-state index >= 15 is 0 Å². The summed E-state index contributed by atoms with van der Waals surface area (Å²) in [5.41, 5.74) is -0.294. The van der Waals surface area contributed by atoms with E-state index in [2.05, 4.69) is 10.6 Å². The van der Waals surface area contributed by atoms with Crippen LogP contribution in [0.1, 0.15) is 49.7 Å². The third-order valence-electron chi connectivity index (χ3n) is 5.34. The number of benzene rings is 1. The molecule has 1 unspecified atom stereocenters. The molecular weight excluding hydrogens is 317 g/mol. The van der Waals surface area contributed by atoms with Gasteiger partial charge in [0.05, 0.1) is 11.6 Å². The minimum atomic E-state index is -4.34. The SMILES string of the molecule is O=C(NCC1(c2cccc(C(F)(F)F)c2)CCC1)C1CCCCN1. The molecule has 1 atom stereocenters. The first-order valence-corrected chi connectivity index (χ1v) is 8.60. The number of nitrogens with one attached hydrogen (secondary N) is 2. The van der Waals surface area contributed by atoms with Gasteiger partial charge >= 0.3 is 6.18 Å². The fourth-order valence-corrected chi connectivity index (χ4v) is 3.65. The van der Waals surface area contributed by atoms with Crippen molar-refractivity contribution in [3.8, 4) is 0 Å². The number of amides is 1. The molecule has 1 aromatic carbocycles. The number of rotatable bonds is 4. The van der Waals surface area contributed by atoms with E-state index < -0.39 is 11.7 Å². The van der Waals surface area contributed by atoms with Crippen molar-refractivity contribution in [3.05, 3.63) is 35.4 Å².